The molecule has 0 unspecified atom stereocenters. The number of aliphatic hydroxyl groups is 1. The molecule has 4 atom stereocenters. The molecule has 5 rings (SSSR count). The molecule has 1 saturated carbocycles. The fourth-order valence-electron chi connectivity index (χ4n) is 5.03. The van der Waals surface area contributed by atoms with Gasteiger partial charge in [-0.15, -0.1) is 0 Å². The van der Waals surface area contributed by atoms with Gasteiger partial charge in [-0.25, -0.2) is 4.98 Å². The van der Waals surface area contributed by atoms with Gasteiger partial charge in [0, 0.05) is 16.7 Å². The first kappa shape index (κ1) is 21.1. The number of halogens is 2. The third kappa shape index (κ3) is 2.65. The van der Waals surface area contributed by atoms with E-state index in [1.165, 1.54) is 19.4 Å². The van der Waals surface area contributed by atoms with Crippen molar-refractivity contribution >= 4 is 39.3 Å². The average Bonchev–Trinajstić information content (AvgIpc) is 3.17. The van der Waals surface area contributed by atoms with Crippen molar-refractivity contribution in [3.8, 4) is 5.75 Å². The first-order valence-electron chi connectivity index (χ1n) is 9.85. The molecule has 0 amide bonds. The van der Waals surface area contributed by atoms with E-state index in [1.54, 1.807) is 48.5 Å². The lowest BCUT2D eigenvalue weighted by Gasteiger charge is -2.39. The zero-order valence-electron chi connectivity index (χ0n) is 16.8. The maximum Gasteiger partial charge on any atom is 0.317 e. The van der Waals surface area contributed by atoms with E-state index < -0.39 is 34.8 Å². The highest BCUT2D eigenvalue weighted by molar-refractivity contribution is 9.10. The summed E-state index contributed by atoms with van der Waals surface area (Å²) in [5, 5.41) is 12.3. The van der Waals surface area contributed by atoms with Crippen LogP contribution in [0.4, 0.5) is 0 Å². The molecule has 1 aromatic heterocycles. The minimum absolute atomic E-state index is 0.159. The molecule has 32 heavy (non-hydrogen) atoms. The maximum absolute atomic E-state index is 13.9. The molecule has 1 fully saturated rings. The molecule has 3 aromatic rings. The molecule has 2 heterocycles. The molecule has 1 aliphatic carbocycles. The average molecular weight is 515 g/mol. The highest BCUT2D eigenvalue weighted by Crippen LogP contribution is 2.67. The van der Waals surface area contributed by atoms with Crippen LogP contribution in [0.3, 0.4) is 0 Å². The lowest BCUT2D eigenvalue weighted by atomic mass is 9.71. The summed E-state index contributed by atoms with van der Waals surface area (Å²) in [5.41, 5.74) is -2.47. The molecule has 2 aromatic carbocycles. The highest BCUT2D eigenvalue weighted by Gasteiger charge is 2.78. The van der Waals surface area contributed by atoms with Gasteiger partial charge in [0.05, 0.1) is 18.6 Å². The normalized spacial score (nSPS) is 28.1. The Kier molecular flexibility index (Phi) is 4.89. The van der Waals surface area contributed by atoms with Crippen LogP contribution in [-0.2, 0) is 25.5 Å². The zero-order chi connectivity index (χ0) is 22.7. The quantitative estimate of drug-likeness (QED) is 0.321. The van der Waals surface area contributed by atoms with E-state index in [-0.39, 0.29) is 16.5 Å². The molecule has 1 N–H and O–H groups in total. The lowest BCUT2D eigenvalue weighted by Crippen LogP contribution is -2.50. The zero-order valence-corrected chi connectivity index (χ0v) is 19.1. The second-order valence-corrected chi connectivity index (χ2v) is 9.11. The van der Waals surface area contributed by atoms with E-state index in [0.717, 1.165) is 4.47 Å². The van der Waals surface area contributed by atoms with Gasteiger partial charge in [0.2, 0.25) is 0 Å². The molecule has 8 heteroatoms. The Balaban J connectivity index is 1.88. The van der Waals surface area contributed by atoms with Crippen LogP contribution in [0.1, 0.15) is 22.6 Å². The van der Waals surface area contributed by atoms with Crippen LogP contribution in [-0.4, -0.2) is 29.0 Å². The number of methoxy groups -OCH3 is 1. The summed E-state index contributed by atoms with van der Waals surface area (Å²) in [6.45, 7) is 0. The molecule has 0 saturated heterocycles. The van der Waals surface area contributed by atoms with E-state index in [4.69, 9.17) is 21.1 Å². The number of Topliss-reactive ketones (excluding diaryl/α,β-unsaturated/α-hetero) is 1. The predicted octanol–water partition coefficient (Wildman–Crippen LogP) is 4.13. The van der Waals surface area contributed by atoms with Crippen molar-refractivity contribution in [2.75, 3.05) is 7.11 Å². The van der Waals surface area contributed by atoms with Gasteiger partial charge < -0.3 is 14.6 Å². The third-order valence-electron chi connectivity index (χ3n) is 6.33. The number of carbonyl (C=O) groups is 2. The molecule has 1 aliphatic heterocycles. The number of ketones is 1. The van der Waals surface area contributed by atoms with Crippen LogP contribution in [0, 0.1) is 5.92 Å². The number of hydrogen-bond donors (Lipinski definition) is 1. The number of ether oxygens (including phenoxy) is 2. The summed E-state index contributed by atoms with van der Waals surface area (Å²) >= 11 is 9.51. The third-order valence-corrected chi connectivity index (χ3v) is 7.06. The first-order chi connectivity index (χ1) is 15.3. The number of hydrogen-bond acceptors (Lipinski definition) is 6. The lowest BCUT2D eigenvalue weighted by molar-refractivity contribution is -0.155. The van der Waals surface area contributed by atoms with Gasteiger partial charge >= 0.3 is 5.97 Å². The Bertz CT molecular complexity index is 1230. The molecule has 2 aliphatic rings. The van der Waals surface area contributed by atoms with Gasteiger partial charge in [0.1, 0.15) is 16.8 Å². The number of aromatic nitrogens is 1. The van der Waals surface area contributed by atoms with Crippen molar-refractivity contribution in [2.45, 2.75) is 17.1 Å². The molecule has 6 nitrogen and oxygen atoms in total. The second kappa shape index (κ2) is 7.40. The fourth-order valence-corrected chi connectivity index (χ4v) is 5.45. The van der Waals surface area contributed by atoms with Crippen LogP contribution in [0.5, 0.6) is 5.75 Å². The Morgan fingerprint density at radius 2 is 1.88 bits per heavy atom. The predicted molar refractivity (Wildman–Crippen MR) is 119 cm³/mol. The monoisotopic (exact) mass is 513 g/mol. The summed E-state index contributed by atoms with van der Waals surface area (Å²) in [5.74, 6) is -3.37. The SMILES string of the molecule is COC(=O)[C@H]1C(=O)[C@@]2(O)c3cnc(Cl)cc3O[C@@]2(c2ccc(Br)cc2)[C@@H]1c1ccccc1. The molecule has 0 spiro atoms. The van der Waals surface area contributed by atoms with E-state index in [1.807, 2.05) is 6.07 Å². The summed E-state index contributed by atoms with van der Waals surface area (Å²) in [6.07, 6.45) is 1.33. The summed E-state index contributed by atoms with van der Waals surface area (Å²) in [6, 6.07) is 17.6. The fraction of sp³-hybridized carbons (Fsp3) is 0.208. The van der Waals surface area contributed by atoms with E-state index >= 15 is 0 Å². The van der Waals surface area contributed by atoms with Crippen molar-refractivity contribution < 1.29 is 24.2 Å². The summed E-state index contributed by atoms with van der Waals surface area (Å²) < 4.78 is 12.3. The highest BCUT2D eigenvalue weighted by atomic mass is 79.9. The summed E-state index contributed by atoms with van der Waals surface area (Å²) in [7, 11) is 1.22. The maximum atomic E-state index is 13.9. The standard InChI is InChI=1S/C24H17BrClNO5/c1-31-22(29)19-20(13-5-3-2-4-6-13)24(14-7-9-15(25)10-8-14)23(30,21(19)28)16-12-27-18(26)11-17(16)32-24/h2-12,19-20,30H,1H3/t19-,20-,23+,24+/m1/s1. The minimum Gasteiger partial charge on any atom is -0.477 e. The smallest absolute Gasteiger partial charge is 0.317 e. The number of fused-ring (bicyclic) bond motifs is 3. The largest absolute Gasteiger partial charge is 0.477 e. The van der Waals surface area contributed by atoms with Crippen LogP contribution >= 0.6 is 27.5 Å². The number of carbonyl (C=O) groups excluding carboxylic acids is 2. The van der Waals surface area contributed by atoms with Crippen LogP contribution in [0.25, 0.3) is 0 Å². The summed E-state index contributed by atoms with van der Waals surface area (Å²) in [4.78, 5) is 30.9. The molecule has 0 radical (unpaired) electrons. The Morgan fingerprint density at radius 1 is 1.19 bits per heavy atom. The van der Waals surface area contributed by atoms with Crippen LogP contribution < -0.4 is 4.74 Å². The first-order valence-corrected chi connectivity index (χ1v) is 11.0. The Labute approximate surface area is 197 Å². The Morgan fingerprint density at radius 3 is 2.53 bits per heavy atom. The van der Waals surface area contributed by atoms with Crippen LogP contribution in [0.15, 0.2) is 71.3 Å². The van der Waals surface area contributed by atoms with Gasteiger partial charge in [-0.2, -0.15) is 0 Å². The van der Waals surface area contributed by atoms with E-state index in [9.17, 15) is 14.7 Å². The minimum atomic E-state index is -2.19. The van der Waals surface area contributed by atoms with Crippen molar-refractivity contribution in [3.05, 3.63) is 93.2 Å². The van der Waals surface area contributed by atoms with Crippen molar-refractivity contribution in [3.63, 3.8) is 0 Å². The van der Waals surface area contributed by atoms with Gasteiger partial charge in [-0.3, -0.25) is 9.59 Å². The van der Waals surface area contributed by atoms with Gasteiger partial charge in [0.15, 0.2) is 17.0 Å². The van der Waals surface area contributed by atoms with Crippen molar-refractivity contribution in [1.29, 1.82) is 0 Å². The topological polar surface area (TPSA) is 85.7 Å². The Hall–Kier alpha value is -2.74. The number of pyridine rings is 1. The van der Waals surface area contributed by atoms with E-state index in [2.05, 4.69) is 20.9 Å². The van der Waals surface area contributed by atoms with Gasteiger partial charge in [-0.05, 0) is 23.3 Å². The van der Waals surface area contributed by atoms with Gasteiger partial charge in [-0.1, -0.05) is 70.0 Å². The second-order valence-electron chi connectivity index (χ2n) is 7.81. The molecule has 0 bridgehead atoms. The number of benzene rings is 2. The molecule has 162 valence electrons. The van der Waals surface area contributed by atoms with Crippen LogP contribution in [0.2, 0.25) is 5.15 Å². The van der Waals surface area contributed by atoms with Gasteiger partial charge in [0.25, 0.3) is 0 Å². The van der Waals surface area contributed by atoms with Crippen molar-refractivity contribution in [2.24, 2.45) is 5.92 Å². The van der Waals surface area contributed by atoms with E-state index in [0.29, 0.717) is 11.1 Å². The van der Waals surface area contributed by atoms with Crippen molar-refractivity contribution in [1.82, 2.24) is 4.98 Å². The number of rotatable bonds is 3. The molecular weight excluding hydrogens is 498 g/mol. The number of nitrogens with zero attached hydrogens (tertiary/aromatic N) is 1. The number of esters is 1. The molecular formula is C24H17BrClNO5.